The maximum Gasteiger partial charge on any atom is 0.166 e. The summed E-state index contributed by atoms with van der Waals surface area (Å²) in [6, 6.07) is 6.17. The third-order valence-corrected chi connectivity index (χ3v) is 6.95. The van der Waals surface area contributed by atoms with E-state index in [1.807, 2.05) is 42.3 Å². The van der Waals surface area contributed by atoms with Gasteiger partial charge in [-0.1, -0.05) is 6.42 Å². The number of aromatic nitrogens is 9. The van der Waals surface area contributed by atoms with E-state index in [9.17, 15) is 0 Å². The molecule has 0 radical (unpaired) electrons. The summed E-state index contributed by atoms with van der Waals surface area (Å²) < 4.78 is 1.89. The van der Waals surface area contributed by atoms with Crippen molar-refractivity contribution in [1.82, 2.24) is 49.6 Å². The normalized spacial score (nSPS) is 14.6. The average Bonchev–Trinajstić information content (AvgIpc) is 3.66. The van der Waals surface area contributed by atoms with Gasteiger partial charge in [0.2, 0.25) is 0 Å². The Morgan fingerprint density at radius 2 is 1.89 bits per heavy atom. The van der Waals surface area contributed by atoms with E-state index >= 15 is 0 Å². The van der Waals surface area contributed by atoms with Gasteiger partial charge >= 0.3 is 0 Å². The Labute approximate surface area is 212 Å². The molecule has 0 atom stereocenters. The number of nitrogens with zero attached hydrogens (tertiary/aromatic N) is 8. The highest BCUT2D eigenvalue weighted by atomic mass is 15.2. The molecule has 10 nitrogen and oxygen atoms in total. The molecule has 1 saturated heterocycles. The third kappa shape index (κ3) is 4.05. The Hall–Kier alpha value is -4.44. The lowest BCUT2D eigenvalue weighted by Gasteiger charge is -2.26. The van der Waals surface area contributed by atoms with Gasteiger partial charge in [-0.05, 0) is 56.6 Å². The second kappa shape index (κ2) is 8.90. The molecule has 0 spiro atoms. The summed E-state index contributed by atoms with van der Waals surface area (Å²) in [7, 11) is 0. The number of fused-ring (bicyclic) bond motifs is 2. The SMILES string of the molecule is Cc1cn(-c2nccc3[nH]c(-c4n[nH]c5cnc(-c6cncc(CN7CCCCC7)c6)cc45)nc23)cn1. The first-order valence-electron chi connectivity index (χ1n) is 12.6. The van der Waals surface area contributed by atoms with Crippen molar-refractivity contribution in [2.24, 2.45) is 0 Å². The molecular formula is C27H26N10. The van der Waals surface area contributed by atoms with Crippen molar-refractivity contribution in [2.75, 3.05) is 13.1 Å². The molecule has 184 valence electrons. The van der Waals surface area contributed by atoms with Crippen LogP contribution in [0.5, 0.6) is 0 Å². The zero-order valence-electron chi connectivity index (χ0n) is 20.5. The molecule has 0 unspecified atom stereocenters. The van der Waals surface area contributed by atoms with Gasteiger partial charge in [-0.2, -0.15) is 5.10 Å². The van der Waals surface area contributed by atoms with Crippen LogP contribution in [0.25, 0.3) is 50.5 Å². The fourth-order valence-electron chi connectivity index (χ4n) is 5.10. The molecule has 1 aliphatic rings. The molecule has 0 bridgehead atoms. The van der Waals surface area contributed by atoms with Crippen molar-refractivity contribution >= 4 is 21.9 Å². The molecule has 0 aromatic carbocycles. The first-order chi connectivity index (χ1) is 18.2. The Morgan fingerprint density at radius 3 is 2.76 bits per heavy atom. The molecular weight excluding hydrogens is 464 g/mol. The zero-order valence-corrected chi connectivity index (χ0v) is 20.5. The predicted molar refractivity (Wildman–Crippen MR) is 141 cm³/mol. The van der Waals surface area contributed by atoms with Gasteiger partial charge in [0.05, 0.1) is 28.6 Å². The lowest BCUT2D eigenvalue weighted by Crippen LogP contribution is -2.29. The molecule has 2 N–H and O–H groups in total. The largest absolute Gasteiger partial charge is 0.336 e. The van der Waals surface area contributed by atoms with Crippen LogP contribution >= 0.6 is 0 Å². The Kier molecular flexibility index (Phi) is 5.24. The lowest BCUT2D eigenvalue weighted by molar-refractivity contribution is 0.220. The molecule has 7 rings (SSSR count). The highest BCUT2D eigenvalue weighted by Gasteiger charge is 2.17. The number of pyridine rings is 3. The summed E-state index contributed by atoms with van der Waals surface area (Å²) in [5.74, 6) is 1.39. The van der Waals surface area contributed by atoms with Gasteiger partial charge in [0.25, 0.3) is 0 Å². The summed E-state index contributed by atoms with van der Waals surface area (Å²) >= 11 is 0. The van der Waals surface area contributed by atoms with E-state index in [-0.39, 0.29) is 0 Å². The summed E-state index contributed by atoms with van der Waals surface area (Å²) in [5.41, 5.74) is 7.20. The summed E-state index contributed by atoms with van der Waals surface area (Å²) in [6.07, 6.45) is 15.0. The van der Waals surface area contributed by atoms with Gasteiger partial charge in [-0.3, -0.25) is 24.5 Å². The molecule has 37 heavy (non-hydrogen) atoms. The van der Waals surface area contributed by atoms with E-state index in [1.165, 1.54) is 24.8 Å². The van der Waals surface area contributed by atoms with Crippen molar-refractivity contribution in [1.29, 1.82) is 0 Å². The topological polar surface area (TPSA) is 117 Å². The van der Waals surface area contributed by atoms with Gasteiger partial charge < -0.3 is 4.98 Å². The molecule has 6 aromatic rings. The minimum absolute atomic E-state index is 0.668. The quantitative estimate of drug-likeness (QED) is 0.367. The first-order valence-corrected chi connectivity index (χ1v) is 12.6. The van der Waals surface area contributed by atoms with Crippen LogP contribution in [0.2, 0.25) is 0 Å². The van der Waals surface area contributed by atoms with Gasteiger partial charge in [0.15, 0.2) is 11.6 Å². The van der Waals surface area contributed by atoms with Crippen molar-refractivity contribution in [2.45, 2.75) is 32.7 Å². The lowest BCUT2D eigenvalue weighted by atomic mass is 10.1. The van der Waals surface area contributed by atoms with Crippen LogP contribution in [0.4, 0.5) is 0 Å². The van der Waals surface area contributed by atoms with Crippen LogP contribution in [0.15, 0.2) is 55.5 Å². The molecule has 0 aliphatic carbocycles. The van der Waals surface area contributed by atoms with Gasteiger partial charge in [0, 0.05) is 42.3 Å². The van der Waals surface area contributed by atoms with Crippen LogP contribution in [0.3, 0.4) is 0 Å². The van der Waals surface area contributed by atoms with E-state index in [0.717, 1.165) is 70.0 Å². The van der Waals surface area contributed by atoms with E-state index < -0.39 is 0 Å². The monoisotopic (exact) mass is 490 g/mol. The number of nitrogens with one attached hydrogen (secondary N) is 2. The summed E-state index contributed by atoms with van der Waals surface area (Å²) in [4.78, 5) is 28.9. The molecule has 1 aliphatic heterocycles. The highest BCUT2D eigenvalue weighted by molar-refractivity contribution is 5.95. The fraction of sp³-hybridized carbons (Fsp3) is 0.259. The minimum Gasteiger partial charge on any atom is -0.336 e. The second-order valence-corrected chi connectivity index (χ2v) is 9.64. The Morgan fingerprint density at radius 1 is 0.973 bits per heavy atom. The number of imidazole rings is 2. The maximum atomic E-state index is 4.89. The fourth-order valence-corrected chi connectivity index (χ4v) is 5.10. The van der Waals surface area contributed by atoms with Crippen LogP contribution in [0, 0.1) is 6.92 Å². The number of piperidine rings is 1. The molecule has 1 fully saturated rings. The second-order valence-electron chi connectivity index (χ2n) is 9.64. The van der Waals surface area contributed by atoms with E-state index in [2.05, 4.69) is 47.2 Å². The zero-order chi connectivity index (χ0) is 24.8. The van der Waals surface area contributed by atoms with Crippen molar-refractivity contribution in [3.8, 4) is 28.6 Å². The van der Waals surface area contributed by atoms with E-state index in [4.69, 9.17) is 9.97 Å². The average molecular weight is 491 g/mol. The number of H-pyrrole nitrogens is 2. The maximum absolute atomic E-state index is 4.89. The molecule has 10 heteroatoms. The number of aromatic amines is 2. The first kappa shape index (κ1) is 21.8. The Bertz CT molecular complexity index is 1720. The number of hydrogen-bond donors (Lipinski definition) is 2. The smallest absolute Gasteiger partial charge is 0.166 e. The number of rotatable bonds is 5. The summed E-state index contributed by atoms with van der Waals surface area (Å²) in [6.45, 7) is 5.18. The third-order valence-electron chi connectivity index (χ3n) is 6.95. The van der Waals surface area contributed by atoms with Crippen LogP contribution < -0.4 is 0 Å². The highest BCUT2D eigenvalue weighted by Crippen LogP contribution is 2.30. The van der Waals surface area contributed by atoms with Gasteiger partial charge in [-0.15, -0.1) is 0 Å². The number of aryl methyl sites for hydroxylation is 1. The number of likely N-dealkylation sites (tertiary alicyclic amines) is 1. The Balaban J connectivity index is 1.26. The van der Waals surface area contributed by atoms with E-state index in [0.29, 0.717) is 5.82 Å². The van der Waals surface area contributed by atoms with Crippen molar-refractivity contribution in [3.63, 3.8) is 0 Å². The molecule has 0 saturated carbocycles. The van der Waals surface area contributed by atoms with Gasteiger partial charge in [0.1, 0.15) is 17.5 Å². The molecule has 6 aromatic heterocycles. The van der Waals surface area contributed by atoms with Crippen molar-refractivity contribution in [3.05, 3.63) is 66.8 Å². The standard InChI is InChI=1S/C27H26N10/c1-17-14-37(16-31-17)27-25-21(5-6-29-27)32-26(33-25)24-20-10-22(30-13-23(20)34-35-24)19-9-18(11-28-12-19)15-36-7-3-2-4-8-36/h5-6,9-14,16H,2-4,7-8,15H2,1H3,(H,32,33)(H,34,35). The van der Waals surface area contributed by atoms with Crippen LogP contribution in [-0.2, 0) is 6.54 Å². The number of hydrogen-bond acceptors (Lipinski definition) is 7. The van der Waals surface area contributed by atoms with Crippen LogP contribution in [0.1, 0.15) is 30.5 Å². The van der Waals surface area contributed by atoms with Crippen LogP contribution in [-0.4, -0.2) is 62.7 Å². The molecule has 0 amide bonds. The molecule has 7 heterocycles. The van der Waals surface area contributed by atoms with Crippen molar-refractivity contribution < 1.29 is 0 Å². The minimum atomic E-state index is 0.668. The predicted octanol–water partition coefficient (Wildman–Crippen LogP) is 4.44. The summed E-state index contributed by atoms with van der Waals surface area (Å²) in [5, 5.41) is 8.62. The van der Waals surface area contributed by atoms with Gasteiger partial charge in [-0.25, -0.2) is 15.0 Å². The van der Waals surface area contributed by atoms with E-state index in [1.54, 1.807) is 12.5 Å².